The molecular weight excluding hydrogens is 651 g/mol. The number of fused-ring (bicyclic) bond motifs is 10. The maximum Gasteiger partial charge on any atom is 0.161 e. The Bertz CT molecular complexity index is 3080. The predicted molar refractivity (Wildman–Crippen MR) is 221 cm³/mol. The molecule has 0 N–H and O–H groups in total. The average molecular weight is 680 g/mol. The van der Waals surface area contributed by atoms with Crippen molar-refractivity contribution in [2.75, 3.05) is 0 Å². The lowest BCUT2D eigenvalue weighted by atomic mass is 10.00. The molecule has 0 aliphatic carbocycles. The number of hydrogen-bond acceptors (Lipinski definition) is 3. The Morgan fingerprint density at radius 2 is 0.981 bits per heavy atom. The SMILES string of the molecule is c1ccc(-c2cc(-c3ccc(-n4c5ccc6ccccc6c5c5c6ccccc6ccc54)cc3)nc(-c3cccc4c3sc3ccccc34)n2)cc1. The highest BCUT2D eigenvalue weighted by Gasteiger charge is 2.19. The van der Waals surface area contributed by atoms with Crippen molar-refractivity contribution in [1.29, 1.82) is 0 Å². The topological polar surface area (TPSA) is 30.7 Å². The molecule has 11 aromatic rings. The molecule has 3 nitrogen and oxygen atoms in total. The third-order valence-electron chi connectivity index (χ3n) is 10.4. The van der Waals surface area contributed by atoms with E-state index >= 15 is 0 Å². The Morgan fingerprint density at radius 3 is 1.65 bits per heavy atom. The van der Waals surface area contributed by atoms with Crippen LogP contribution in [0.4, 0.5) is 0 Å². The van der Waals surface area contributed by atoms with Crippen LogP contribution in [0.5, 0.6) is 0 Å². The van der Waals surface area contributed by atoms with Gasteiger partial charge < -0.3 is 4.57 Å². The molecule has 0 atom stereocenters. The van der Waals surface area contributed by atoms with Gasteiger partial charge in [-0.15, -0.1) is 11.3 Å². The third kappa shape index (κ3) is 4.45. The largest absolute Gasteiger partial charge is 0.309 e. The van der Waals surface area contributed by atoms with Crippen molar-refractivity contribution in [2.24, 2.45) is 0 Å². The van der Waals surface area contributed by atoms with E-state index < -0.39 is 0 Å². The number of hydrogen-bond donors (Lipinski definition) is 0. The van der Waals surface area contributed by atoms with E-state index in [0.717, 1.165) is 39.6 Å². The van der Waals surface area contributed by atoms with Crippen molar-refractivity contribution in [3.05, 3.63) is 176 Å². The minimum atomic E-state index is 0.735. The standard InChI is InChI=1S/C48H29N3S/c1-2-13-32(14-3-1)40-29-41(50-48(49-40)39-19-10-18-38-37-17-8-9-20-44(37)52-47(38)39)33-21-25-34(26-22-33)51-42-27-23-30-11-4-6-15-35(30)45(42)46-36-16-7-5-12-31(36)24-28-43(46)51/h1-29H. The van der Waals surface area contributed by atoms with E-state index in [2.05, 4.69) is 174 Å². The Hall–Kier alpha value is -6.62. The summed E-state index contributed by atoms with van der Waals surface area (Å²) in [6, 6.07) is 63.0. The van der Waals surface area contributed by atoms with Gasteiger partial charge in [0, 0.05) is 53.3 Å². The minimum Gasteiger partial charge on any atom is -0.309 e. The van der Waals surface area contributed by atoms with Crippen LogP contribution in [0.25, 0.3) is 103 Å². The highest BCUT2D eigenvalue weighted by molar-refractivity contribution is 7.26. The fourth-order valence-electron chi connectivity index (χ4n) is 8.00. The second-order valence-corrected chi connectivity index (χ2v) is 14.4. The first-order valence-electron chi connectivity index (χ1n) is 17.6. The van der Waals surface area contributed by atoms with Gasteiger partial charge in [0.25, 0.3) is 0 Å². The van der Waals surface area contributed by atoms with Crippen LogP contribution in [0.1, 0.15) is 0 Å². The van der Waals surface area contributed by atoms with Gasteiger partial charge in [-0.2, -0.15) is 0 Å². The van der Waals surface area contributed by atoms with Crippen molar-refractivity contribution < 1.29 is 0 Å². The summed E-state index contributed by atoms with van der Waals surface area (Å²) in [7, 11) is 0. The molecule has 0 saturated heterocycles. The maximum absolute atomic E-state index is 5.27. The zero-order chi connectivity index (χ0) is 34.2. The van der Waals surface area contributed by atoms with Crippen LogP contribution in [0.2, 0.25) is 0 Å². The molecule has 3 heterocycles. The Balaban J connectivity index is 1.11. The van der Waals surface area contributed by atoms with Gasteiger partial charge in [-0.3, -0.25) is 0 Å². The lowest BCUT2D eigenvalue weighted by molar-refractivity contribution is 1.17. The fraction of sp³-hybridized carbons (Fsp3) is 0. The van der Waals surface area contributed by atoms with Gasteiger partial charge in [-0.05, 0) is 64.0 Å². The summed E-state index contributed by atoms with van der Waals surface area (Å²) in [4.78, 5) is 10.5. The molecule has 0 fully saturated rings. The molecular formula is C48H29N3S. The first-order valence-corrected chi connectivity index (χ1v) is 18.4. The number of rotatable bonds is 4. The van der Waals surface area contributed by atoms with Crippen molar-refractivity contribution >= 4 is 74.9 Å². The zero-order valence-corrected chi connectivity index (χ0v) is 28.8. The van der Waals surface area contributed by atoms with Crippen LogP contribution in [0.3, 0.4) is 0 Å². The van der Waals surface area contributed by atoms with E-state index in [1.807, 2.05) is 6.07 Å². The molecule has 242 valence electrons. The minimum absolute atomic E-state index is 0.735. The summed E-state index contributed by atoms with van der Waals surface area (Å²) in [6.45, 7) is 0. The Labute approximate surface area is 303 Å². The molecule has 3 aromatic heterocycles. The number of aromatic nitrogens is 3. The van der Waals surface area contributed by atoms with E-state index in [9.17, 15) is 0 Å². The summed E-state index contributed by atoms with van der Waals surface area (Å²) >= 11 is 1.81. The van der Waals surface area contributed by atoms with Crippen molar-refractivity contribution in [1.82, 2.24) is 14.5 Å². The number of nitrogens with zero attached hydrogens (tertiary/aromatic N) is 3. The lowest BCUT2D eigenvalue weighted by Gasteiger charge is -2.12. The molecule has 11 rings (SSSR count). The summed E-state index contributed by atoms with van der Waals surface area (Å²) in [6.07, 6.45) is 0. The van der Waals surface area contributed by atoms with Crippen LogP contribution in [0, 0.1) is 0 Å². The van der Waals surface area contributed by atoms with Crippen LogP contribution in [0.15, 0.2) is 176 Å². The zero-order valence-electron chi connectivity index (χ0n) is 28.0. The molecule has 0 radical (unpaired) electrons. The highest BCUT2D eigenvalue weighted by Crippen LogP contribution is 2.42. The normalized spacial score (nSPS) is 11.8. The second kappa shape index (κ2) is 11.5. The van der Waals surface area contributed by atoms with Crippen LogP contribution in [-0.2, 0) is 0 Å². The van der Waals surface area contributed by atoms with Gasteiger partial charge in [-0.25, -0.2) is 9.97 Å². The Kier molecular flexibility index (Phi) is 6.42. The van der Waals surface area contributed by atoms with Crippen molar-refractivity contribution in [3.8, 4) is 39.6 Å². The van der Waals surface area contributed by atoms with Crippen molar-refractivity contribution in [3.63, 3.8) is 0 Å². The Morgan fingerprint density at radius 1 is 0.423 bits per heavy atom. The van der Waals surface area contributed by atoms with Gasteiger partial charge in [-0.1, -0.05) is 133 Å². The molecule has 0 amide bonds. The summed E-state index contributed by atoms with van der Waals surface area (Å²) in [5.41, 5.74) is 8.48. The molecule has 0 saturated carbocycles. The van der Waals surface area contributed by atoms with Gasteiger partial charge in [0.1, 0.15) is 0 Å². The first kappa shape index (κ1) is 29.1. The van der Waals surface area contributed by atoms with Gasteiger partial charge >= 0.3 is 0 Å². The molecule has 0 spiro atoms. The average Bonchev–Trinajstić information content (AvgIpc) is 3.78. The van der Waals surface area contributed by atoms with Crippen molar-refractivity contribution in [2.45, 2.75) is 0 Å². The van der Waals surface area contributed by atoms with Gasteiger partial charge in [0.2, 0.25) is 0 Å². The highest BCUT2D eigenvalue weighted by atomic mass is 32.1. The van der Waals surface area contributed by atoms with Crippen LogP contribution in [-0.4, -0.2) is 14.5 Å². The smallest absolute Gasteiger partial charge is 0.161 e. The lowest BCUT2D eigenvalue weighted by Crippen LogP contribution is -1.97. The molecule has 0 aliphatic rings. The molecule has 4 heteroatoms. The molecule has 0 unspecified atom stereocenters. The van der Waals surface area contributed by atoms with E-state index in [-0.39, 0.29) is 0 Å². The second-order valence-electron chi connectivity index (χ2n) is 13.4. The number of benzene rings is 8. The third-order valence-corrected chi connectivity index (χ3v) is 11.6. The van der Waals surface area contributed by atoms with E-state index in [0.29, 0.717) is 0 Å². The predicted octanol–water partition coefficient (Wildman–Crippen LogP) is 13.2. The summed E-state index contributed by atoms with van der Waals surface area (Å²) < 4.78 is 4.89. The summed E-state index contributed by atoms with van der Waals surface area (Å²) in [5, 5.41) is 10.1. The first-order chi connectivity index (χ1) is 25.8. The fourth-order valence-corrected chi connectivity index (χ4v) is 9.21. The van der Waals surface area contributed by atoms with E-state index in [1.54, 1.807) is 11.3 Å². The molecule has 0 aliphatic heterocycles. The van der Waals surface area contributed by atoms with E-state index in [4.69, 9.17) is 9.97 Å². The van der Waals surface area contributed by atoms with E-state index in [1.165, 1.54) is 63.5 Å². The van der Waals surface area contributed by atoms with Crippen LogP contribution >= 0.6 is 11.3 Å². The van der Waals surface area contributed by atoms with Crippen LogP contribution < -0.4 is 0 Å². The molecule has 52 heavy (non-hydrogen) atoms. The summed E-state index contributed by atoms with van der Waals surface area (Å²) in [5.74, 6) is 0.735. The quantitative estimate of drug-likeness (QED) is 0.185. The maximum atomic E-state index is 5.27. The number of thiophene rings is 1. The monoisotopic (exact) mass is 679 g/mol. The van der Waals surface area contributed by atoms with Gasteiger partial charge in [0.15, 0.2) is 5.82 Å². The molecule has 8 aromatic carbocycles. The van der Waals surface area contributed by atoms with Gasteiger partial charge in [0.05, 0.1) is 22.4 Å². The molecule has 0 bridgehead atoms.